The summed E-state index contributed by atoms with van der Waals surface area (Å²) in [6.07, 6.45) is 0. The van der Waals surface area contributed by atoms with Crippen LogP contribution in [-0.4, -0.2) is 14.1 Å². The molecule has 2 aromatic rings. The van der Waals surface area contributed by atoms with Gasteiger partial charge in [0.25, 0.3) is 5.56 Å². The average molecular weight is 233 g/mol. The molecule has 90 valence electrons. The van der Waals surface area contributed by atoms with E-state index in [2.05, 4.69) is 4.98 Å². The molecule has 5 nitrogen and oxygen atoms in total. The van der Waals surface area contributed by atoms with Gasteiger partial charge in [-0.2, -0.15) is 0 Å². The van der Waals surface area contributed by atoms with Gasteiger partial charge in [0.1, 0.15) is 5.65 Å². The predicted molar refractivity (Wildman–Crippen MR) is 66.4 cm³/mol. The van der Waals surface area contributed by atoms with E-state index in [-0.39, 0.29) is 11.2 Å². The number of hydrogen-bond acceptors (Lipinski definition) is 3. The summed E-state index contributed by atoms with van der Waals surface area (Å²) in [6, 6.07) is 0. The highest BCUT2D eigenvalue weighted by Gasteiger charge is 2.14. The molecule has 0 aliphatic carbocycles. The largest absolute Gasteiger partial charge is 0.332 e. The van der Waals surface area contributed by atoms with Gasteiger partial charge in [0, 0.05) is 19.8 Å². The van der Waals surface area contributed by atoms with E-state index in [1.165, 1.54) is 11.6 Å². The van der Waals surface area contributed by atoms with Crippen molar-refractivity contribution in [2.24, 2.45) is 14.1 Å². The van der Waals surface area contributed by atoms with Gasteiger partial charge in [0.05, 0.1) is 5.39 Å². The molecule has 0 N–H and O–H groups in total. The van der Waals surface area contributed by atoms with Crippen molar-refractivity contribution >= 4 is 11.0 Å². The van der Waals surface area contributed by atoms with Crippen molar-refractivity contribution in [2.75, 3.05) is 0 Å². The van der Waals surface area contributed by atoms with Crippen LogP contribution in [0.2, 0.25) is 0 Å². The Morgan fingerprint density at radius 3 is 2.12 bits per heavy atom. The third kappa shape index (κ3) is 1.42. The topological polar surface area (TPSA) is 56.9 Å². The first-order valence-corrected chi connectivity index (χ1v) is 5.39. The second kappa shape index (κ2) is 3.55. The van der Waals surface area contributed by atoms with Crippen LogP contribution in [0.4, 0.5) is 0 Å². The van der Waals surface area contributed by atoms with E-state index in [9.17, 15) is 9.59 Å². The number of nitrogens with zero attached hydrogens (tertiary/aromatic N) is 3. The Bertz CT molecular complexity index is 738. The van der Waals surface area contributed by atoms with Gasteiger partial charge < -0.3 is 0 Å². The summed E-state index contributed by atoms with van der Waals surface area (Å²) in [5.41, 5.74) is 2.56. The third-order valence-electron chi connectivity index (χ3n) is 3.39. The van der Waals surface area contributed by atoms with E-state index in [4.69, 9.17) is 0 Å². The Morgan fingerprint density at radius 2 is 1.53 bits per heavy atom. The zero-order chi connectivity index (χ0) is 12.9. The van der Waals surface area contributed by atoms with Crippen molar-refractivity contribution in [3.05, 3.63) is 37.7 Å². The normalized spacial score (nSPS) is 11.1. The van der Waals surface area contributed by atoms with Gasteiger partial charge in [0.2, 0.25) is 0 Å². The first-order chi connectivity index (χ1) is 7.86. The number of rotatable bonds is 0. The van der Waals surface area contributed by atoms with Crippen LogP contribution in [0.5, 0.6) is 0 Å². The molecule has 0 fully saturated rings. The monoisotopic (exact) mass is 233 g/mol. The highest BCUT2D eigenvalue weighted by molar-refractivity contribution is 5.79. The average Bonchev–Trinajstić information content (AvgIpc) is 2.30. The summed E-state index contributed by atoms with van der Waals surface area (Å²) in [7, 11) is 3.12. The zero-order valence-corrected chi connectivity index (χ0v) is 10.7. The maximum atomic E-state index is 12.1. The van der Waals surface area contributed by atoms with Crippen LogP contribution in [0.1, 0.15) is 16.8 Å². The molecule has 0 bridgehead atoms. The maximum absolute atomic E-state index is 12.1. The van der Waals surface area contributed by atoms with Crippen LogP contribution in [0.15, 0.2) is 9.59 Å². The molecule has 0 saturated carbocycles. The number of pyridine rings is 1. The van der Waals surface area contributed by atoms with Crippen LogP contribution in [0.3, 0.4) is 0 Å². The van der Waals surface area contributed by atoms with Gasteiger partial charge in [-0.25, -0.2) is 9.78 Å². The van der Waals surface area contributed by atoms with Crippen LogP contribution in [-0.2, 0) is 14.1 Å². The highest BCUT2D eigenvalue weighted by Crippen LogP contribution is 2.17. The van der Waals surface area contributed by atoms with Crippen LogP contribution >= 0.6 is 0 Å². The van der Waals surface area contributed by atoms with E-state index in [1.807, 2.05) is 20.8 Å². The second-order valence-electron chi connectivity index (χ2n) is 4.35. The van der Waals surface area contributed by atoms with Gasteiger partial charge >= 0.3 is 5.69 Å². The van der Waals surface area contributed by atoms with Crippen molar-refractivity contribution in [3.8, 4) is 0 Å². The molecule has 17 heavy (non-hydrogen) atoms. The summed E-state index contributed by atoms with van der Waals surface area (Å²) >= 11 is 0. The molecule has 5 heteroatoms. The number of fused-ring (bicyclic) bond motifs is 1. The maximum Gasteiger partial charge on any atom is 0.332 e. The lowest BCUT2D eigenvalue weighted by Gasteiger charge is -2.12. The molecule has 0 aliphatic heterocycles. The zero-order valence-electron chi connectivity index (χ0n) is 10.7. The molecule has 2 heterocycles. The second-order valence-corrected chi connectivity index (χ2v) is 4.35. The summed E-state index contributed by atoms with van der Waals surface area (Å²) in [5, 5.41) is 0.526. The molecule has 0 amide bonds. The van der Waals surface area contributed by atoms with E-state index in [1.54, 1.807) is 7.05 Å². The Balaban J connectivity index is 3.24. The van der Waals surface area contributed by atoms with Gasteiger partial charge in [-0.15, -0.1) is 0 Å². The van der Waals surface area contributed by atoms with E-state index < -0.39 is 0 Å². The summed E-state index contributed by atoms with van der Waals surface area (Å²) < 4.78 is 2.53. The fourth-order valence-electron chi connectivity index (χ4n) is 1.99. The number of aromatic nitrogens is 3. The fourth-order valence-corrected chi connectivity index (χ4v) is 1.99. The van der Waals surface area contributed by atoms with E-state index in [0.717, 1.165) is 21.4 Å². The molecule has 0 saturated heterocycles. The quantitative estimate of drug-likeness (QED) is 0.668. The van der Waals surface area contributed by atoms with Crippen LogP contribution in [0.25, 0.3) is 11.0 Å². The lowest BCUT2D eigenvalue weighted by atomic mass is 10.1. The number of aryl methyl sites for hydroxylation is 3. The molecule has 0 spiro atoms. The lowest BCUT2D eigenvalue weighted by Crippen LogP contribution is -2.37. The molecule has 0 atom stereocenters. The van der Waals surface area contributed by atoms with Gasteiger partial charge in [-0.05, 0) is 31.9 Å². The van der Waals surface area contributed by atoms with Crippen molar-refractivity contribution < 1.29 is 0 Å². The highest BCUT2D eigenvalue weighted by atomic mass is 16.2. The Hall–Kier alpha value is -1.91. The van der Waals surface area contributed by atoms with E-state index in [0.29, 0.717) is 11.0 Å². The Morgan fingerprint density at radius 1 is 0.941 bits per heavy atom. The van der Waals surface area contributed by atoms with Gasteiger partial charge in [0.15, 0.2) is 0 Å². The Labute approximate surface area is 98.3 Å². The lowest BCUT2D eigenvalue weighted by molar-refractivity contribution is 0.705. The molecule has 0 radical (unpaired) electrons. The Kier molecular flexibility index (Phi) is 2.41. The molecule has 0 aromatic carbocycles. The standard InChI is InChI=1S/C12H15N3O2/c1-6-7(2)9-10(13-8(6)3)14(4)12(17)15(5)11(9)16/h1-5H3. The molecule has 0 aliphatic rings. The smallest absolute Gasteiger partial charge is 0.280 e. The summed E-state index contributed by atoms with van der Waals surface area (Å²) in [6.45, 7) is 5.70. The van der Waals surface area contributed by atoms with Crippen molar-refractivity contribution in [1.82, 2.24) is 14.1 Å². The molecule has 2 aromatic heterocycles. The first-order valence-electron chi connectivity index (χ1n) is 5.39. The third-order valence-corrected chi connectivity index (χ3v) is 3.39. The molecular weight excluding hydrogens is 218 g/mol. The minimum absolute atomic E-state index is 0.281. The number of hydrogen-bond donors (Lipinski definition) is 0. The SMILES string of the molecule is Cc1nc2c(c(C)c1C)c(=O)n(C)c(=O)n2C. The van der Waals surface area contributed by atoms with E-state index >= 15 is 0 Å². The molecule has 0 unspecified atom stereocenters. The van der Waals surface area contributed by atoms with Crippen LogP contribution < -0.4 is 11.2 Å². The molecule has 2 rings (SSSR count). The summed E-state index contributed by atoms with van der Waals surface area (Å²) in [5.74, 6) is 0. The van der Waals surface area contributed by atoms with Crippen molar-refractivity contribution in [2.45, 2.75) is 20.8 Å². The van der Waals surface area contributed by atoms with Gasteiger partial charge in [-0.1, -0.05) is 0 Å². The minimum Gasteiger partial charge on any atom is -0.280 e. The predicted octanol–water partition coefficient (Wildman–Crippen LogP) is 0.557. The minimum atomic E-state index is -0.349. The molecular formula is C12H15N3O2. The van der Waals surface area contributed by atoms with Crippen LogP contribution in [0, 0.1) is 20.8 Å². The first kappa shape index (κ1) is 11.6. The summed E-state index contributed by atoms with van der Waals surface area (Å²) in [4.78, 5) is 28.2. The van der Waals surface area contributed by atoms with Crippen molar-refractivity contribution in [1.29, 1.82) is 0 Å². The van der Waals surface area contributed by atoms with Crippen molar-refractivity contribution in [3.63, 3.8) is 0 Å². The van der Waals surface area contributed by atoms with Gasteiger partial charge in [-0.3, -0.25) is 13.9 Å². The fraction of sp³-hybridized carbons (Fsp3) is 0.417.